The average molecular weight is 513 g/mol. The Labute approximate surface area is 235 Å². The first kappa shape index (κ1) is 23.8. The van der Waals surface area contributed by atoms with E-state index in [0.717, 1.165) is 34.1 Å². The van der Waals surface area contributed by atoms with Crippen LogP contribution in [-0.4, -0.2) is 0 Å². The van der Waals surface area contributed by atoms with Crippen LogP contribution in [0.25, 0.3) is 21.5 Å². The molecule has 0 unspecified atom stereocenters. The fraction of sp³-hybridized carbons (Fsp3) is 0. The Hall–Kier alpha value is -5.34. The zero-order valence-corrected chi connectivity index (χ0v) is 22.1. The SMILES string of the molecule is c1ccc(N(c2ccc(N(c3ccccc3)c3cccc4ccccc34)cc2)c2ccc3ccccc3c2)cc1. The molecule has 190 valence electrons. The summed E-state index contributed by atoms with van der Waals surface area (Å²) in [7, 11) is 0. The smallest absolute Gasteiger partial charge is 0.0540 e. The van der Waals surface area contributed by atoms with E-state index in [9.17, 15) is 0 Å². The monoisotopic (exact) mass is 512 g/mol. The molecular formula is C38H28N2. The van der Waals surface area contributed by atoms with Gasteiger partial charge in [0.2, 0.25) is 0 Å². The van der Waals surface area contributed by atoms with Crippen LogP contribution in [0.15, 0.2) is 170 Å². The minimum atomic E-state index is 1.11. The van der Waals surface area contributed by atoms with E-state index in [0.29, 0.717) is 0 Å². The molecule has 0 saturated heterocycles. The summed E-state index contributed by atoms with van der Waals surface area (Å²) >= 11 is 0. The van der Waals surface area contributed by atoms with Crippen molar-refractivity contribution in [2.45, 2.75) is 0 Å². The van der Waals surface area contributed by atoms with Crippen molar-refractivity contribution in [1.29, 1.82) is 0 Å². The van der Waals surface area contributed by atoms with Crippen LogP contribution in [-0.2, 0) is 0 Å². The number of benzene rings is 7. The first-order valence-electron chi connectivity index (χ1n) is 13.6. The maximum absolute atomic E-state index is 2.34. The van der Waals surface area contributed by atoms with E-state index in [4.69, 9.17) is 0 Å². The van der Waals surface area contributed by atoms with Gasteiger partial charge in [0.25, 0.3) is 0 Å². The molecule has 0 saturated carbocycles. The highest BCUT2D eigenvalue weighted by molar-refractivity contribution is 5.99. The Morgan fingerprint density at radius 2 is 0.750 bits per heavy atom. The van der Waals surface area contributed by atoms with Crippen LogP contribution in [0, 0.1) is 0 Å². The van der Waals surface area contributed by atoms with Gasteiger partial charge < -0.3 is 9.80 Å². The van der Waals surface area contributed by atoms with Crippen LogP contribution in [0.2, 0.25) is 0 Å². The highest BCUT2D eigenvalue weighted by Crippen LogP contribution is 2.41. The van der Waals surface area contributed by atoms with Gasteiger partial charge in [-0.15, -0.1) is 0 Å². The predicted octanol–water partition coefficient (Wildman–Crippen LogP) is 10.9. The van der Waals surface area contributed by atoms with Crippen molar-refractivity contribution < 1.29 is 0 Å². The van der Waals surface area contributed by atoms with Gasteiger partial charge in [0, 0.05) is 33.8 Å². The van der Waals surface area contributed by atoms with Crippen LogP contribution >= 0.6 is 0 Å². The summed E-state index contributed by atoms with van der Waals surface area (Å²) in [6.45, 7) is 0. The summed E-state index contributed by atoms with van der Waals surface area (Å²) in [5.74, 6) is 0. The summed E-state index contributed by atoms with van der Waals surface area (Å²) in [5, 5.41) is 4.91. The van der Waals surface area contributed by atoms with Gasteiger partial charge in [-0.25, -0.2) is 0 Å². The number of anilines is 6. The van der Waals surface area contributed by atoms with Gasteiger partial charge in [-0.3, -0.25) is 0 Å². The number of para-hydroxylation sites is 2. The topological polar surface area (TPSA) is 6.48 Å². The largest absolute Gasteiger partial charge is 0.310 e. The second-order valence-electron chi connectivity index (χ2n) is 9.89. The lowest BCUT2D eigenvalue weighted by Gasteiger charge is -2.29. The fourth-order valence-electron chi connectivity index (χ4n) is 5.50. The van der Waals surface area contributed by atoms with Gasteiger partial charge in [-0.1, -0.05) is 103 Å². The van der Waals surface area contributed by atoms with E-state index in [1.54, 1.807) is 0 Å². The maximum Gasteiger partial charge on any atom is 0.0540 e. The molecule has 7 rings (SSSR count). The Bertz CT molecular complexity index is 1890. The Kier molecular flexibility index (Phi) is 6.20. The molecule has 0 heterocycles. The van der Waals surface area contributed by atoms with Gasteiger partial charge in [0.1, 0.15) is 0 Å². The molecule has 2 heteroatoms. The Morgan fingerprint density at radius 1 is 0.275 bits per heavy atom. The van der Waals surface area contributed by atoms with Crippen LogP contribution in [0.4, 0.5) is 34.1 Å². The third-order valence-corrected chi connectivity index (χ3v) is 7.39. The van der Waals surface area contributed by atoms with Crippen molar-refractivity contribution in [3.05, 3.63) is 170 Å². The zero-order chi connectivity index (χ0) is 26.7. The highest BCUT2D eigenvalue weighted by Gasteiger charge is 2.17. The molecule has 0 bridgehead atoms. The molecule has 0 aliphatic carbocycles. The van der Waals surface area contributed by atoms with Crippen LogP contribution in [0.3, 0.4) is 0 Å². The lowest BCUT2D eigenvalue weighted by Crippen LogP contribution is -2.12. The number of fused-ring (bicyclic) bond motifs is 2. The normalized spacial score (nSPS) is 11.0. The van der Waals surface area contributed by atoms with E-state index in [1.807, 2.05) is 0 Å². The van der Waals surface area contributed by atoms with Crippen molar-refractivity contribution in [3.63, 3.8) is 0 Å². The lowest BCUT2D eigenvalue weighted by molar-refractivity contribution is 1.26. The van der Waals surface area contributed by atoms with Gasteiger partial charge in [-0.05, 0) is 82.9 Å². The van der Waals surface area contributed by atoms with Crippen molar-refractivity contribution in [2.24, 2.45) is 0 Å². The Morgan fingerprint density at radius 3 is 1.45 bits per heavy atom. The summed E-state index contributed by atoms with van der Waals surface area (Å²) < 4.78 is 0. The van der Waals surface area contributed by atoms with E-state index in [2.05, 4.69) is 180 Å². The number of hydrogen-bond donors (Lipinski definition) is 0. The average Bonchev–Trinajstić information content (AvgIpc) is 3.03. The third-order valence-electron chi connectivity index (χ3n) is 7.39. The molecule has 0 radical (unpaired) electrons. The van der Waals surface area contributed by atoms with E-state index < -0.39 is 0 Å². The standard InChI is InChI=1S/C38H28N2/c1-3-16-32(17-4-1)39(36-23-22-29-12-7-8-14-31(29)28-36)34-24-26-35(27-25-34)40(33-18-5-2-6-19-33)38-21-11-15-30-13-9-10-20-37(30)38/h1-28H. The molecule has 7 aromatic rings. The second-order valence-corrected chi connectivity index (χ2v) is 9.89. The summed E-state index contributed by atoms with van der Waals surface area (Å²) in [6.07, 6.45) is 0. The predicted molar refractivity (Wildman–Crippen MR) is 171 cm³/mol. The molecule has 0 spiro atoms. The molecular weight excluding hydrogens is 484 g/mol. The molecule has 0 aromatic heterocycles. The molecule has 0 aliphatic rings. The molecule has 0 amide bonds. The van der Waals surface area contributed by atoms with Gasteiger partial charge in [0.05, 0.1) is 5.69 Å². The van der Waals surface area contributed by atoms with E-state index >= 15 is 0 Å². The van der Waals surface area contributed by atoms with E-state index in [1.165, 1.54) is 21.5 Å². The van der Waals surface area contributed by atoms with Crippen molar-refractivity contribution in [1.82, 2.24) is 0 Å². The van der Waals surface area contributed by atoms with Crippen LogP contribution in [0.1, 0.15) is 0 Å². The minimum Gasteiger partial charge on any atom is -0.310 e. The number of rotatable bonds is 6. The maximum atomic E-state index is 2.34. The van der Waals surface area contributed by atoms with Crippen LogP contribution < -0.4 is 9.80 Å². The lowest BCUT2D eigenvalue weighted by atomic mass is 10.1. The molecule has 0 N–H and O–H groups in total. The Balaban J connectivity index is 1.35. The molecule has 0 atom stereocenters. The number of nitrogens with zero attached hydrogens (tertiary/aromatic N) is 2. The van der Waals surface area contributed by atoms with Crippen molar-refractivity contribution in [3.8, 4) is 0 Å². The summed E-state index contributed by atoms with van der Waals surface area (Å²) in [6, 6.07) is 60.3. The quantitative estimate of drug-likeness (QED) is 0.219. The molecule has 0 aliphatic heterocycles. The molecule has 2 nitrogen and oxygen atoms in total. The molecule has 7 aromatic carbocycles. The van der Waals surface area contributed by atoms with E-state index in [-0.39, 0.29) is 0 Å². The molecule has 40 heavy (non-hydrogen) atoms. The second kappa shape index (κ2) is 10.4. The minimum absolute atomic E-state index is 1.11. The van der Waals surface area contributed by atoms with Crippen molar-refractivity contribution in [2.75, 3.05) is 9.80 Å². The summed E-state index contributed by atoms with van der Waals surface area (Å²) in [4.78, 5) is 4.66. The van der Waals surface area contributed by atoms with Gasteiger partial charge >= 0.3 is 0 Å². The third kappa shape index (κ3) is 4.46. The highest BCUT2D eigenvalue weighted by atomic mass is 15.2. The fourth-order valence-corrected chi connectivity index (χ4v) is 5.50. The van der Waals surface area contributed by atoms with Gasteiger partial charge in [0.15, 0.2) is 0 Å². The first-order valence-corrected chi connectivity index (χ1v) is 13.6. The number of hydrogen-bond acceptors (Lipinski definition) is 2. The zero-order valence-electron chi connectivity index (χ0n) is 22.1. The van der Waals surface area contributed by atoms with Gasteiger partial charge in [-0.2, -0.15) is 0 Å². The molecule has 0 fully saturated rings. The first-order chi connectivity index (χ1) is 19.8. The summed E-state index contributed by atoms with van der Waals surface area (Å²) in [5.41, 5.74) is 6.76. The van der Waals surface area contributed by atoms with Crippen LogP contribution in [0.5, 0.6) is 0 Å². The van der Waals surface area contributed by atoms with Crippen molar-refractivity contribution >= 4 is 55.7 Å².